The van der Waals surface area contributed by atoms with Crippen molar-refractivity contribution < 1.29 is 4.79 Å². The average Bonchev–Trinajstić information content (AvgIpc) is 1.79. The summed E-state index contributed by atoms with van der Waals surface area (Å²) in [5, 5.41) is 0. The van der Waals surface area contributed by atoms with Gasteiger partial charge in [0.25, 0.3) is 0 Å². The van der Waals surface area contributed by atoms with E-state index in [1.54, 1.807) is 0 Å². The molecule has 78 valence electrons. The number of carbonyl (C=O) groups excluding carboxylic acids is 1. The molecule has 1 unspecified atom stereocenters. The zero-order valence-electron chi connectivity index (χ0n) is 10.2. The largest absolute Gasteiger partial charge is 0.299 e. The Kier molecular flexibility index (Phi) is 3.71. The van der Waals surface area contributed by atoms with Gasteiger partial charge in [-0.15, -0.1) is 0 Å². The monoisotopic (exact) mass is 184 g/mol. The summed E-state index contributed by atoms with van der Waals surface area (Å²) in [7, 11) is 0. The number of hydrogen-bond donors (Lipinski definition) is 0. The lowest BCUT2D eigenvalue weighted by atomic mass is 9.77. The Morgan fingerprint density at radius 2 is 1.46 bits per heavy atom. The minimum Gasteiger partial charge on any atom is -0.299 e. The molecule has 1 nitrogen and oxygen atoms in total. The minimum atomic E-state index is -0.190. The predicted octanol–water partition coefficient (Wildman–Crippen LogP) is 3.67. The number of rotatable bonds is 2. The summed E-state index contributed by atoms with van der Waals surface area (Å²) in [6, 6.07) is 0. The molecule has 0 aromatic rings. The van der Waals surface area contributed by atoms with Crippen LogP contribution >= 0.6 is 0 Å². The summed E-state index contributed by atoms with van der Waals surface area (Å²) >= 11 is 0. The first-order chi connectivity index (χ1) is 5.54. The van der Waals surface area contributed by atoms with Crippen molar-refractivity contribution in [2.45, 2.75) is 54.9 Å². The van der Waals surface area contributed by atoms with Gasteiger partial charge in [-0.05, 0) is 11.8 Å². The smallest absolute Gasteiger partial charge is 0.141 e. The highest BCUT2D eigenvalue weighted by atomic mass is 16.1. The molecule has 0 aliphatic carbocycles. The van der Waals surface area contributed by atoms with Crippen LogP contribution in [0.25, 0.3) is 0 Å². The fourth-order valence-corrected chi connectivity index (χ4v) is 1.75. The minimum absolute atomic E-state index is 0.181. The molecule has 0 aromatic heterocycles. The number of Topliss-reactive ketones (excluding diaryl/α,β-unsaturated/α-hetero) is 1. The standard InChI is InChI=1S/C12H24O/c1-9(8-11(2,3)4)10(13)12(5,6)7/h9H,8H2,1-7H3. The maximum absolute atomic E-state index is 11.8. The van der Waals surface area contributed by atoms with Crippen LogP contribution in [0.15, 0.2) is 0 Å². The Labute approximate surface area is 82.9 Å². The molecule has 0 N–H and O–H groups in total. The average molecular weight is 184 g/mol. The van der Waals surface area contributed by atoms with Crippen molar-refractivity contribution in [3.8, 4) is 0 Å². The van der Waals surface area contributed by atoms with E-state index in [1.807, 2.05) is 27.7 Å². The first kappa shape index (κ1) is 12.7. The Bertz CT molecular complexity index is 178. The van der Waals surface area contributed by atoms with E-state index in [1.165, 1.54) is 0 Å². The van der Waals surface area contributed by atoms with E-state index in [2.05, 4.69) is 20.8 Å². The van der Waals surface area contributed by atoms with Crippen molar-refractivity contribution >= 4 is 5.78 Å². The normalized spacial score (nSPS) is 15.6. The second-order valence-corrected chi connectivity index (χ2v) is 6.28. The molecule has 0 saturated heterocycles. The highest BCUT2D eigenvalue weighted by Crippen LogP contribution is 2.29. The van der Waals surface area contributed by atoms with Crippen LogP contribution in [-0.2, 0) is 4.79 Å². The maximum Gasteiger partial charge on any atom is 0.141 e. The Morgan fingerprint density at radius 3 is 1.69 bits per heavy atom. The van der Waals surface area contributed by atoms with Crippen LogP contribution in [0.5, 0.6) is 0 Å². The Balaban J connectivity index is 4.30. The van der Waals surface area contributed by atoms with Crippen LogP contribution in [0.1, 0.15) is 54.9 Å². The fourth-order valence-electron chi connectivity index (χ4n) is 1.75. The van der Waals surface area contributed by atoms with Gasteiger partial charge < -0.3 is 0 Å². The fraction of sp³-hybridized carbons (Fsp3) is 0.917. The summed E-state index contributed by atoms with van der Waals surface area (Å²) in [5.74, 6) is 0.558. The lowest BCUT2D eigenvalue weighted by molar-refractivity contribution is -0.130. The first-order valence-corrected chi connectivity index (χ1v) is 5.08. The SMILES string of the molecule is CC(CC(C)(C)C)C(=O)C(C)(C)C. The molecule has 13 heavy (non-hydrogen) atoms. The van der Waals surface area contributed by atoms with Crippen LogP contribution in [0.3, 0.4) is 0 Å². The van der Waals surface area contributed by atoms with Crippen LogP contribution in [0.4, 0.5) is 0 Å². The van der Waals surface area contributed by atoms with E-state index in [-0.39, 0.29) is 16.7 Å². The van der Waals surface area contributed by atoms with Gasteiger partial charge in [-0.1, -0.05) is 48.5 Å². The third kappa shape index (κ3) is 5.07. The van der Waals surface area contributed by atoms with Gasteiger partial charge in [0.2, 0.25) is 0 Å². The molecule has 0 radical (unpaired) electrons. The molecule has 0 bridgehead atoms. The first-order valence-electron chi connectivity index (χ1n) is 5.08. The summed E-state index contributed by atoms with van der Waals surface area (Å²) in [6.07, 6.45) is 0.975. The summed E-state index contributed by atoms with van der Waals surface area (Å²) in [4.78, 5) is 11.8. The van der Waals surface area contributed by atoms with Crippen molar-refractivity contribution in [3.05, 3.63) is 0 Å². The number of ketones is 1. The van der Waals surface area contributed by atoms with Gasteiger partial charge in [-0.2, -0.15) is 0 Å². The van der Waals surface area contributed by atoms with Gasteiger partial charge in [-0.3, -0.25) is 4.79 Å². The maximum atomic E-state index is 11.8. The predicted molar refractivity (Wildman–Crippen MR) is 57.7 cm³/mol. The van der Waals surface area contributed by atoms with Crippen molar-refractivity contribution in [1.29, 1.82) is 0 Å². The Morgan fingerprint density at radius 1 is 1.08 bits per heavy atom. The molecule has 0 aromatic carbocycles. The molecular weight excluding hydrogens is 160 g/mol. The summed E-state index contributed by atoms with van der Waals surface area (Å²) in [5.41, 5.74) is 0.0605. The van der Waals surface area contributed by atoms with E-state index >= 15 is 0 Å². The summed E-state index contributed by atoms with van der Waals surface area (Å²) < 4.78 is 0. The molecule has 0 aliphatic rings. The second-order valence-electron chi connectivity index (χ2n) is 6.28. The van der Waals surface area contributed by atoms with E-state index in [4.69, 9.17) is 0 Å². The number of carbonyl (C=O) groups is 1. The second kappa shape index (κ2) is 3.81. The highest BCUT2D eigenvalue weighted by Gasteiger charge is 2.29. The zero-order valence-corrected chi connectivity index (χ0v) is 10.2. The molecule has 0 fully saturated rings. The zero-order chi connectivity index (χ0) is 10.9. The van der Waals surface area contributed by atoms with Crippen molar-refractivity contribution in [1.82, 2.24) is 0 Å². The number of hydrogen-bond acceptors (Lipinski definition) is 1. The quantitative estimate of drug-likeness (QED) is 0.640. The third-order valence-electron chi connectivity index (χ3n) is 2.11. The van der Waals surface area contributed by atoms with E-state index in [0.717, 1.165) is 6.42 Å². The van der Waals surface area contributed by atoms with Crippen LogP contribution in [-0.4, -0.2) is 5.78 Å². The van der Waals surface area contributed by atoms with Gasteiger partial charge in [-0.25, -0.2) is 0 Å². The topological polar surface area (TPSA) is 17.1 Å². The third-order valence-corrected chi connectivity index (χ3v) is 2.11. The molecule has 0 amide bonds. The molecular formula is C12H24O. The molecule has 0 saturated carbocycles. The molecule has 1 atom stereocenters. The Hall–Kier alpha value is -0.330. The van der Waals surface area contributed by atoms with Crippen molar-refractivity contribution in [2.75, 3.05) is 0 Å². The van der Waals surface area contributed by atoms with Crippen molar-refractivity contribution in [2.24, 2.45) is 16.7 Å². The summed E-state index contributed by atoms with van der Waals surface area (Å²) in [6.45, 7) is 14.6. The van der Waals surface area contributed by atoms with E-state index in [0.29, 0.717) is 5.78 Å². The van der Waals surface area contributed by atoms with Gasteiger partial charge in [0.1, 0.15) is 5.78 Å². The van der Waals surface area contributed by atoms with Gasteiger partial charge in [0.15, 0.2) is 0 Å². The van der Waals surface area contributed by atoms with Crippen LogP contribution < -0.4 is 0 Å². The van der Waals surface area contributed by atoms with Gasteiger partial charge in [0, 0.05) is 11.3 Å². The molecule has 0 aliphatic heterocycles. The molecule has 0 rings (SSSR count). The molecule has 1 heteroatoms. The van der Waals surface area contributed by atoms with Gasteiger partial charge >= 0.3 is 0 Å². The van der Waals surface area contributed by atoms with Crippen LogP contribution in [0.2, 0.25) is 0 Å². The van der Waals surface area contributed by atoms with Crippen molar-refractivity contribution in [3.63, 3.8) is 0 Å². The molecule has 0 spiro atoms. The van der Waals surface area contributed by atoms with E-state index < -0.39 is 0 Å². The lowest BCUT2D eigenvalue weighted by Gasteiger charge is -2.27. The molecule has 0 heterocycles. The van der Waals surface area contributed by atoms with E-state index in [9.17, 15) is 4.79 Å². The highest BCUT2D eigenvalue weighted by molar-refractivity contribution is 5.85. The van der Waals surface area contributed by atoms with Crippen LogP contribution in [0, 0.1) is 16.7 Å². The van der Waals surface area contributed by atoms with Gasteiger partial charge in [0.05, 0.1) is 0 Å². The lowest BCUT2D eigenvalue weighted by Crippen LogP contribution is -2.29.